The van der Waals surface area contributed by atoms with E-state index in [9.17, 15) is 9.18 Å². The van der Waals surface area contributed by atoms with Crippen molar-refractivity contribution >= 4 is 5.91 Å². The van der Waals surface area contributed by atoms with E-state index in [0.29, 0.717) is 30.8 Å². The second-order valence-corrected chi connectivity index (χ2v) is 4.92. The lowest BCUT2D eigenvalue weighted by atomic mass is 10.2. The molecule has 22 heavy (non-hydrogen) atoms. The van der Waals surface area contributed by atoms with E-state index in [1.165, 1.54) is 6.07 Å². The zero-order valence-electron chi connectivity index (χ0n) is 12.2. The molecule has 0 atom stereocenters. The molecule has 5 heteroatoms. The van der Waals surface area contributed by atoms with E-state index in [0.717, 1.165) is 5.56 Å². The van der Waals surface area contributed by atoms with Crippen LogP contribution in [0.4, 0.5) is 4.39 Å². The molecule has 0 aliphatic carbocycles. The SMILES string of the molecule is NC(=O)CCNCc1ccc(OCc2ccccc2F)cc1. The minimum atomic E-state index is -0.315. The molecule has 116 valence electrons. The molecular weight excluding hydrogens is 283 g/mol. The van der Waals surface area contributed by atoms with Crippen molar-refractivity contribution in [3.8, 4) is 5.75 Å². The van der Waals surface area contributed by atoms with Gasteiger partial charge in [0.1, 0.15) is 18.2 Å². The fourth-order valence-electron chi connectivity index (χ4n) is 1.92. The third-order valence-corrected chi connectivity index (χ3v) is 3.15. The number of carbonyl (C=O) groups is 1. The molecule has 4 nitrogen and oxygen atoms in total. The number of carbonyl (C=O) groups excluding carboxylic acids is 1. The monoisotopic (exact) mass is 302 g/mol. The maximum atomic E-state index is 13.5. The highest BCUT2D eigenvalue weighted by molar-refractivity contribution is 5.73. The Morgan fingerprint density at radius 1 is 1.14 bits per heavy atom. The van der Waals surface area contributed by atoms with Crippen molar-refractivity contribution in [1.29, 1.82) is 0 Å². The molecule has 0 radical (unpaired) electrons. The number of nitrogens with two attached hydrogens (primary N) is 1. The molecule has 0 saturated heterocycles. The molecule has 0 saturated carbocycles. The lowest BCUT2D eigenvalue weighted by molar-refractivity contribution is -0.117. The van der Waals surface area contributed by atoms with E-state index < -0.39 is 0 Å². The lowest BCUT2D eigenvalue weighted by Crippen LogP contribution is -2.21. The molecular formula is C17H19FN2O2. The summed E-state index contributed by atoms with van der Waals surface area (Å²) in [4.78, 5) is 10.6. The number of primary amides is 1. The van der Waals surface area contributed by atoms with Crippen molar-refractivity contribution in [2.24, 2.45) is 5.73 Å². The fourth-order valence-corrected chi connectivity index (χ4v) is 1.92. The van der Waals surface area contributed by atoms with E-state index in [4.69, 9.17) is 10.5 Å². The van der Waals surface area contributed by atoms with Gasteiger partial charge in [-0.05, 0) is 23.8 Å². The van der Waals surface area contributed by atoms with Gasteiger partial charge in [0, 0.05) is 25.1 Å². The fraction of sp³-hybridized carbons (Fsp3) is 0.235. The number of benzene rings is 2. The van der Waals surface area contributed by atoms with Crippen LogP contribution in [0.15, 0.2) is 48.5 Å². The number of halogens is 1. The molecule has 2 aromatic carbocycles. The van der Waals surface area contributed by atoms with Gasteiger partial charge in [-0.25, -0.2) is 4.39 Å². The molecule has 0 aliphatic heterocycles. The summed E-state index contributed by atoms with van der Waals surface area (Å²) in [6.07, 6.45) is 0.323. The Morgan fingerprint density at radius 2 is 1.86 bits per heavy atom. The number of amides is 1. The first-order chi connectivity index (χ1) is 10.6. The maximum absolute atomic E-state index is 13.5. The summed E-state index contributed by atoms with van der Waals surface area (Å²) in [5, 5.41) is 3.13. The Kier molecular flexibility index (Phi) is 5.91. The second kappa shape index (κ2) is 8.14. The van der Waals surface area contributed by atoms with Crippen LogP contribution in [0.1, 0.15) is 17.5 Å². The molecule has 2 rings (SSSR count). The summed E-state index contributed by atoms with van der Waals surface area (Å²) in [7, 11) is 0. The summed E-state index contributed by atoms with van der Waals surface area (Å²) in [5.74, 6) is 0.103. The molecule has 0 aliphatic rings. The zero-order valence-corrected chi connectivity index (χ0v) is 12.2. The van der Waals surface area contributed by atoms with E-state index in [-0.39, 0.29) is 18.3 Å². The molecule has 2 aromatic rings. The molecule has 0 bridgehead atoms. The Bertz CT molecular complexity index is 614. The predicted octanol–water partition coefficient (Wildman–Crippen LogP) is 2.37. The predicted molar refractivity (Wildman–Crippen MR) is 82.7 cm³/mol. The largest absolute Gasteiger partial charge is 0.489 e. The van der Waals surface area contributed by atoms with Crippen LogP contribution in [-0.2, 0) is 17.9 Å². The van der Waals surface area contributed by atoms with Crippen LogP contribution in [0.25, 0.3) is 0 Å². The normalized spacial score (nSPS) is 10.4. The third-order valence-electron chi connectivity index (χ3n) is 3.15. The standard InChI is InChI=1S/C17H19FN2O2/c18-16-4-2-1-3-14(16)12-22-15-7-5-13(6-8-15)11-20-10-9-17(19)21/h1-8,20H,9-12H2,(H2,19,21). The summed E-state index contributed by atoms with van der Waals surface area (Å²) in [6, 6.07) is 14.1. The molecule has 0 aromatic heterocycles. The topological polar surface area (TPSA) is 64.4 Å². The van der Waals surface area contributed by atoms with Crippen molar-refractivity contribution in [2.75, 3.05) is 6.54 Å². The molecule has 0 spiro atoms. The molecule has 1 amide bonds. The van der Waals surface area contributed by atoms with Gasteiger partial charge < -0.3 is 15.8 Å². The van der Waals surface area contributed by atoms with Gasteiger partial charge in [0.15, 0.2) is 0 Å². The van der Waals surface area contributed by atoms with Crippen LogP contribution >= 0.6 is 0 Å². The van der Waals surface area contributed by atoms with Crippen molar-refractivity contribution in [3.05, 3.63) is 65.5 Å². The van der Waals surface area contributed by atoms with Crippen LogP contribution in [0, 0.1) is 5.82 Å². The van der Waals surface area contributed by atoms with Crippen molar-refractivity contribution in [2.45, 2.75) is 19.6 Å². The maximum Gasteiger partial charge on any atom is 0.218 e. The van der Waals surface area contributed by atoms with E-state index >= 15 is 0 Å². The first kappa shape index (κ1) is 16.0. The van der Waals surface area contributed by atoms with E-state index in [1.54, 1.807) is 18.2 Å². The number of hydrogen-bond donors (Lipinski definition) is 2. The highest BCUT2D eigenvalue weighted by Gasteiger charge is 2.02. The molecule has 0 fully saturated rings. The van der Waals surface area contributed by atoms with Gasteiger partial charge in [0.05, 0.1) is 0 Å². The Morgan fingerprint density at radius 3 is 2.55 bits per heavy atom. The van der Waals surface area contributed by atoms with Crippen molar-refractivity contribution < 1.29 is 13.9 Å². The smallest absolute Gasteiger partial charge is 0.218 e. The minimum absolute atomic E-state index is 0.197. The first-order valence-corrected chi connectivity index (χ1v) is 7.09. The van der Waals surface area contributed by atoms with Gasteiger partial charge in [-0.15, -0.1) is 0 Å². The van der Waals surface area contributed by atoms with Crippen LogP contribution in [-0.4, -0.2) is 12.5 Å². The highest BCUT2D eigenvalue weighted by Crippen LogP contribution is 2.15. The van der Waals surface area contributed by atoms with Crippen LogP contribution < -0.4 is 15.8 Å². The van der Waals surface area contributed by atoms with Crippen LogP contribution in [0.3, 0.4) is 0 Å². The third kappa shape index (κ3) is 5.18. The van der Waals surface area contributed by atoms with Gasteiger partial charge in [-0.1, -0.05) is 30.3 Å². The van der Waals surface area contributed by atoms with Gasteiger partial charge >= 0.3 is 0 Å². The van der Waals surface area contributed by atoms with Gasteiger partial charge in [-0.2, -0.15) is 0 Å². The summed E-state index contributed by atoms with van der Waals surface area (Å²) in [6.45, 7) is 1.41. The van der Waals surface area contributed by atoms with Crippen LogP contribution in [0.2, 0.25) is 0 Å². The summed E-state index contributed by atoms with van der Waals surface area (Å²) >= 11 is 0. The number of hydrogen-bond acceptors (Lipinski definition) is 3. The van der Waals surface area contributed by atoms with Crippen molar-refractivity contribution in [1.82, 2.24) is 5.32 Å². The van der Waals surface area contributed by atoms with Gasteiger partial charge in [0.25, 0.3) is 0 Å². The van der Waals surface area contributed by atoms with Gasteiger partial charge in [0.2, 0.25) is 5.91 Å². The summed E-state index contributed by atoms with van der Waals surface area (Å²) < 4.78 is 19.0. The lowest BCUT2D eigenvalue weighted by Gasteiger charge is -2.08. The highest BCUT2D eigenvalue weighted by atomic mass is 19.1. The zero-order chi connectivity index (χ0) is 15.8. The molecule has 3 N–H and O–H groups in total. The Hall–Kier alpha value is -2.40. The van der Waals surface area contributed by atoms with E-state index in [1.807, 2.05) is 24.3 Å². The number of ether oxygens (including phenoxy) is 1. The Balaban J connectivity index is 1.79. The first-order valence-electron chi connectivity index (χ1n) is 7.09. The minimum Gasteiger partial charge on any atom is -0.489 e. The van der Waals surface area contributed by atoms with Gasteiger partial charge in [-0.3, -0.25) is 4.79 Å². The van der Waals surface area contributed by atoms with Crippen molar-refractivity contribution in [3.63, 3.8) is 0 Å². The molecule has 0 heterocycles. The quantitative estimate of drug-likeness (QED) is 0.736. The second-order valence-electron chi connectivity index (χ2n) is 4.92. The molecule has 0 unspecified atom stereocenters. The average Bonchev–Trinajstić information content (AvgIpc) is 2.52. The number of nitrogens with one attached hydrogen (secondary N) is 1. The summed E-state index contributed by atoms with van der Waals surface area (Å²) in [5.41, 5.74) is 6.66. The van der Waals surface area contributed by atoms with Crippen LogP contribution in [0.5, 0.6) is 5.75 Å². The average molecular weight is 302 g/mol. The number of rotatable bonds is 8. The Labute approximate surface area is 129 Å². The van der Waals surface area contributed by atoms with E-state index in [2.05, 4.69) is 5.32 Å².